The van der Waals surface area contributed by atoms with E-state index < -0.39 is 10.0 Å². The molecule has 1 fully saturated rings. The summed E-state index contributed by atoms with van der Waals surface area (Å²) in [6.07, 6.45) is 2.74. The minimum Gasteiger partial charge on any atom is -0.317 e. The van der Waals surface area contributed by atoms with Gasteiger partial charge in [0.2, 0.25) is 10.0 Å². The zero-order valence-electron chi connectivity index (χ0n) is 11.4. The van der Waals surface area contributed by atoms with Crippen LogP contribution in [0.25, 0.3) is 0 Å². The lowest BCUT2D eigenvalue weighted by Crippen LogP contribution is -2.31. The van der Waals surface area contributed by atoms with E-state index in [2.05, 4.69) is 10.0 Å². The van der Waals surface area contributed by atoms with Gasteiger partial charge in [-0.1, -0.05) is 18.2 Å². The zero-order chi connectivity index (χ0) is 14.4. The van der Waals surface area contributed by atoms with Crippen LogP contribution >= 0.6 is 0 Å². The van der Waals surface area contributed by atoms with Gasteiger partial charge < -0.3 is 5.32 Å². The van der Waals surface area contributed by atoms with E-state index in [1.54, 1.807) is 18.2 Å². The first-order chi connectivity index (χ1) is 9.57. The zero-order valence-corrected chi connectivity index (χ0v) is 12.3. The highest BCUT2D eigenvalue weighted by molar-refractivity contribution is 7.89. The highest BCUT2D eigenvalue weighted by Crippen LogP contribution is 2.16. The maximum atomic E-state index is 13.4. The summed E-state index contributed by atoms with van der Waals surface area (Å²) in [7, 11) is -3.33. The molecule has 1 aliphatic heterocycles. The Balaban J connectivity index is 1.80. The van der Waals surface area contributed by atoms with E-state index in [4.69, 9.17) is 0 Å². The van der Waals surface area contributed by atoms with Crippen molar-refractivity contribution in [3.8, 4) is 0 Å². The second-order valence-corrected chi connectivity index (χ2v) is 7.14. The molecule has 0 amide bonds. The number of benzene rings is 1. The molecule has 0 radical (unpaired) electrons. The number of sulfonamides is 1. The van der Waals surface area contributed by atoms with Crippen LogP contribution < -0.4 is 10.0 Å². The van der Waals surface area contributed by atoms with Crippen molar-refractivity contribution in [3.05, 3.63) is 35.6 Å². The molecule has 6 heteroatoms. The van der Waals surface area contributed by atoms with Gasteiger partial charge in [0.25, 0.3) is 0 Å². The minimum atomic E-state index is -3.33. The van der Waals surface area contributed by atoms with Crippen molar-refractivity contribution in [1.82, 2.24) is 10.0 Å². The molecule has 1 aromatic rings. The maximum Gasteiger partial charge on any atom is 0.211 e. The monoisotopic (exact) mass is 300 g/mol. The number of rotatable bonds is 6. The third-order valence-electron chi connectivity index (χ3n) is 3.69. The molecule has 1 saturated heterocycles. The molecule has 0 aromatic heterocycles. The van der Waals surface area contributed by atoms with Crippen LogP contribution in [0.3, 0.4) is 0 Å². The first-order valence-corrected chi connectivity index (χ1v) is 8.63. The molecule has 20 heavy (non-hydrogen) atoms. The van der Waals surface area contributed by atoms with Gasteiger partial charge in [0, 0.05) is 12.1 Å². The van der Waals surface area contributed by atoms with E-state index >= 15 is 0 Å². The summed E-state index contributed by atoms with van der Waals surface area (Å²) in [6, 6.07) is 6.20. The maximum absolute atomic E-state index is 13.4. The Kier molecular flexibility index (Phi) is 5.51. The summed E-state index contributed by atoms with van der Waals surface area (Å²) in [5, 5.41) is 3.26. The van der Waals surface area contributed by atoms with Crippen molar-refractivity contribution < 1.29 is 12.8 Å². The van der Waals surface area contributed by atoms with Gasteiger partial charge >= 0.3 is 0 Å². The Morgan fingerprint density at radius 3 is 2.65 bits per heavy atom. The van der Waals surface area contributed by atoms with Crippen LogP contribution in [0.4, 0.5) is 4.39 Å². The molecule has 0 bridgehead atoms. The summed E-state index contributed by atoms with van der Waals surface area (Å²) < 4.78 is 39.7. The molecular weight excluding hydrogens is 279 g/mol. The number of nitrogens with one attached hydrogen (secondary N) is 2. The average molecular weight is 300 g/mol. The van der Waals surface area contributed by atoms with Crippen LogP contribution in [0.5, 0.6) is 0 Å². The third-order valence-corrected chi connectivity index (χ3v) is 5.05. The van der Waals surface area contributed by atoms with Gasteiger partial charge in [-0.25, -0.2) is 17.5 Å². The lowest BCUT2D eigenvalue weighted by molar-refractivity contribution is 0.365. The largest absolute Gasteiger partial charge is 0.317 e. The van der Waals surface area contributed by atoms with E-state index in [-0.39, 0.29) is 18.1 Å². The SMILES string of the molecule is O=S(=O)(CCC1CCNCC1)NCc1ccccc1F. The van der Waals surface area contributed by atoms with Gasteiger partial charge in [-0.15, -0.1) is 0 Å². The molecule has 0 unspecified atom stereocenters. The summed E-state index contributed by atoms with van der Waals surface area (Å²) in [5.74, 6) is 0.210. The van der Waals surface area contributed by atoms with Gasteiger partial charge in [-0.2, -0.15) is 0 Å². The fraction of sp³-hybridized carbons (Fsp3) is 0.571. The molecule has 4 nitrogen and oxygen atoms in total. The standard InChI is InChI=1S/C14H21FN2O2S/c15-14-4-2-1-3-13(14)11-17-20(18,19)10-7-12-5-8-16-9-6-12/h1-4,12,16-17H,5-11H2. The Labute approximate surface area is 119 Å². The molecule has 0 saturated carbocycles. The van der Waals surface area contributed by atoms with Gasteiger partial charge in [-0.3, -0.25) is 0 Å². The van der Waals surface area contributed by atoms with E-state index in [1.165, 1.54) is 6.07 Å². The predicted octanol–water partition coefficient (Wildman–Crippen LogP) is 1.63. The van der Waals surface area contributed by atoms with Crippen molar-refractivity contribution in [2.24, 2.45) is 5.92 Å². The van der Waals surface area contributed by atoms with Crippen LogP contribution in [0.15, 0.2) is 24.3 Å². The average Bonchev–Trinajstić information content (AvgIpc) is 2.46. The number of halogens is 1. The van der Waals surface area contributed by atoms with E-state index in [0.717, 1.165) is 25.9 Å². The Hall–Kier alpha value is -0.980. The van der Waals surface area contributed by atoms with E-state index in [9.17, 15) is 12.8 Å². The van der Waals surface area contributed by atoms with Crippen molar-refractivity contribution in [3.63, 3.8) is 0 Å². The summed E-state index contributed by atoms with van der Waals surface area (Å²) >= 11 is 0. The first-order valence-electron chi connectivity index (χ1n) is 6.98. The third kappa shape index (κ3) is 4.85. The number of piperidine rings is 1. The van der Waals surface area contributed by atoms with Gasteiger partial charge in [-0.05, 0) is 44.3 Å². The van der Waals surface area contributed by atoms with Crippen LogP contribution in [0, 0.1) is 11.7 Å². The second kappa shape index (κ2) is 7.15. The molecule has 0 atom stereocenters. The predicted molar refractivity (Wildman–Crippen MR) is 77.2 cm³/mol. The first kappa shape index (κ1) is 15.4. The highest BCUT2D eigenvalue weighted by atomic mass is 32.2. The van der Waals surface area contributed by atoms with Crippen LogP contribution in [-0.2, 0) is 16.6 Å². The molecule has 0 spiro atoms. The highest BCUT2D eigenvalue weighted by Gasteiger charge is 2.17. The van der Waals surface area contributed by atoms with E-state index in [0.29, 0.717) is 17.9 Å². The Morgan fingerprint density at radius 2 is 1.95 bits per heavy atom. The smallest absolute Gasteiger partial charge is 0.211 e. The number of hydrogen-bond donors (Lipinski definition) is 2. The minimum absolute atomic E-state index is 0.0151. The van der Waals surface area contributed by atoms with Gasteiger partial charge in [0.15, 0.2) is 0 Å². The van der Waals surface area contributed by atoms with Crippen LogP contribution in [-0.4, -0.2) is 27.3 Å². The van der Waals surface area contributed by atoms with Gasteiger partial charge in [0.05, 0.1) is 5.75 Å². The second-order valence-electron chi connectivity index (χ2n) is 5.21. The molecule has 2 rings (SSSR count). The quantitative estimate of drug-likeness (QED) is 0.839. The fourth-order valence-corrected chi connectivity index (χ4v) is 3.56. The molecule has 1 aliphatic rings. The normalized spacial score (nSPS) is 17.2. The van der Waals surface area contributed by atoms with Gasteiger partial charge in [0.1, 0.15) is 5.82 Å². The lowest BCUT2D eigenvalue weighted by Gasteiger charge is -2.22. The van der Waals surface area contributed by atoms with Crippen molar-refractivity contribution in [1.29, 1.82) is 0 Å². The summed E-state index contributed by atoms with van der Waals surface area (Å²) in [6.45, 7) is 1.95. The molecule has 2 N–H and O–H groups in total. The van der Waals surface area contributed by atoms with Crippen molar-refractivity contribution in [2.75, 3.05) is 18.8 Å². The van der Waals surface area contributed by atoms with Crippen molar-refractivity contribution >= 4 is 10.0 Å². The fourth-order valence-electron chi connectivity index (χ4n) is 2.39. The van der Waals surface area contributed by atoms with Crippen LogP contribution in [0.2, 0.25) is 0 Å². The van der Waals surface area contributed by atoms with E-state index in [1.807, 2.05) is 0 Å². The molecule has 0 aliphatic carbocycles. The summed E-state index contributed by atoms with van der Waals surface area (Å²) in [5.41, 5.74) is 0.373. The number of hydrogen-bond acceptors (Lipinski definition) is 3. The molecule has 1 heterocycles. The Morgan fingerprint density at radius 1 is 1.25 bits per heavy atom. The molecule has 112 valence electrons. The Bertz CT molecular complexity index is 528. The van der Waals surface area contributed by atoms with Crippen molar-refractivity contribution in [2.45, 2.75) is 25.8 Å². The topological polar surface area (TPSA) is 58.2 Å². The molecular formula is C14H21FN2O2S. The van der Waals surface area contributed by atoms with Crippen LogP contribution in [0.1, 0.15) is 24.8 Å². The molecule has 1 aromatic carbocycles. The lowest BCUT2D eigenvalue weighted by atomic mass is 9.96. The summed E-state index contributed by atoms with van der Waals surface area (Å²) in [4.78, 5) is 0.